The Morgan fingerprint density at radius 2 is 1.67 bits per heavy atom. The van der Waals surface area contributed by atoms with Gasteiger partial charge in [-0.3, -0.25) is 0 Å². The van der Waals surface area contributed by atoms with E-state index in [9.17, 15) is 0 Å². The second-order valence-corrected chi connectivity index (χ2v) is 6.68. The minimum Gasteiger partial charge on any atom is -0.0805 e. The fourth-order valence-electron chi connectivity index (χ4n) is 3.72. The summed E-state index contributed by atoms with van der Waals surface area (Å²) in [6.45, 7) is 9.08. The van der Waals surface area contributed by atoms with Gasteiger partial charge in [0.15, 0.2) is 0 Å². The van der Waals surface area contributed by atoms with Crippen molar-refractivity contribution in [1.29, 1.82) is 0 Å². The highest BCUT2D eigenvalue weighted by atomic mass is 14.5. The molecule has 0 N–H and O–H groups in total. The van der Waals surface area contributed by atoms with Crippen LogP contribution in [0.25, 0.3) is 0 Å². The lowest BCUT2D eigenvalue weighted by Crippen LogP contribution is -2.16. The third kappa shape index (κ3) is 2.90. The number of hydrogen-bond donors (Lipinski definition) is 0. The van der Waals surface area contributed by atoms with Gasteiger partial charge in [-0.05, 0) is 42.4 Å². The molecule has 102 valence electrons. The number of rotatable bonds is 1. The molecule has 0 radical (unpaired) electrons. The first kappa shape index (κ1) is 13.9. The van der Waals surface area contributed by atoms with Crippen molar-refractivity contribution >= 4 is 0 Å². The van der Waals surface area contributed by atoms with Crippen LogP contribution in [0.2, 0.25) is 0 Å². The molecule has 0 heteroatoms. The molecule has 0 aromatic heterocycles. The van der Waals surface area contributed by atoms with E-state index in [0.29, 0.717) is 0 Å². The molecule has 0 aliphatic heterocycles. The van der Waals surface area contributed by atoms with Gasteiger partial charge in [0.2, 0.25) is 0 Å². The molecule has 2 fully saturated rings. The molecule has 18 heavy (non-hydrogen) atoms. The van der Waals surface area contributed by atoms with Crippen LogP contribution in [0.3, 0.4) is 0 Å². The van der Waals surface area contributed by atoms with Crippen molar-refractivity contribution in [2.24, 2.45) is 29.6 Å². The fourth-order valence-corrected chi connectivity index (χ4v) is 3.72. The smallest absolute Gasteiger partial charge is 0.00999 e. The Kier molecular flexibility index (Phi) is 4.70. The van der Waals surface area contributed by atoms with Crippen molar-refractivity contribution in [2.45, 2.75) is 59.8 Å². The molecular formula is C18H30. The normalized spacial score (nSPS) is 41.3. The maximum Gasteiger partial charge on any atom is -0.00999 e. The lowest BCUT2D eigenvalue weighted by atomic mass is 9.76. The summed E-state index contributed by atoms with van der Waals surface area (Å²) in [4.78, 5) is 0. The van der Waals surface area contributed by atoms with E-state index < -0.39 is 0 Å². The second kappa shape index (κ2) is 6.08. The standard InChI is InChI=1S/C15H22.C3H8/c1-10-6-8-12(9-7-10)14-5-3-4-13-11(2)15(13)14;1-3-2/h3-5,10-13,15H,6-9H2,1-2H3;3H2,1-2H3. The van der Waals surface area contributed by atoms with Gasteiger partial charge < -0.3 is 0 Å². The third-order valence-electron chi connectivity index (χ3n) is 4.94. The van der Waals surface area contributed by atoms with Gasteiger partial charge in [0.1, 0.15) is 0 Å². The summed E-state index contributed by atoms with van der Waals surface area (Å²) in [7, 11) is 0. The van der Waals surface area contributed by atoms with Gasteiger partial charge in [0.25, 0.3) is 0 Å². The number of fused-ring (bicyclic) bond motifs is 1. The van der Waals surface area contributed by atoms with Gasteiger partial charge in [0, 0.05) is 0 Å². The zero-order valence-corrected chi connectivity index (χ0v) is 12.7. The van der Waals surface area contributed by atoms with Crippen LogP contribution >= 0.6 is 0 Å². The van der Waals surface area contributed by atoms with Crippen LogP contribution in [0, 0.1) is 29.6 Å². The molecule has 0 heterocycles. The first-order valence-corrected chi connectivity index (χ1v) is 8.07. The maximum absolute atomic E-state index is 2.44. The molecule has 0 aromatic carbocycles. The van der Waals surface area contributed by atoms with Crippen molar-refractivity contribution in [1.82, 2.24) is 0 Å². The van der Waals surface area contributed by atoms with Gasteiger partial charge in [-0.15, -0.1) is 0 Å². The minimum absolute atomic E-state index is 0.907. The van der Waals surface area contributed by atoms with Crippen LogP contribution in [-0.2, 0) is 0 Å². The van der Waals surface area contributed by atoms with Gasteiger partial charge in [-0.1, -0.05) is 70.8 Å². The van der Waals surface area contributed by atoms with Gasteiger partial charge >= 0.3 is 0 Å². The van der Waals surface area contributed by atoms with Crippen LogP contribution in [-0.4, -0.2) is 0 Å². The van der Waals surface area contributed by atoms with Crippen molar-refractivity contribution in [2.75, 3.05) is 0 Å². The molecule has 3 aliphatic carbocycles. The number of hydrogen-bond acceptors (Lipinski definition) is 0. The topological polar surface area (TPSA) is 0 Å². The predicted octanol–water partition coefficient (Wildman–Crippen LogP) is 5.61. The second-order valence-electron chi connectivity index (χ2n) is 6.68. The molecule has 0 bridgehead atoms. The first-order valence-electron chi connectivity index (χ1n) is 8.07. The Balaban J connectivity index is 0.000000367. The van der Waals surface area contributed by atoms with E-state index in [1.165, 1.54) is 32.1 Å². The van der Waals surface area contributed by atoms with Crippen LogP contribution < -0.4 is 0 Å². The zero-order valence-electron chi connectivity index (χ0n) is 12.7. The largest absolute Gasteiger partial charge is 0.0805 e. The third-order valence-corrected chi connectivity index (χ3v) is 4.94. The summed E-state index contributed by atoms with van der Waals surface area (Å²) in [5.41, 5.74) is 1.81. The van der Waals surface area contributed by atoms with Crippen molar-refractivity contribution < 1.29 is 0 Å². The number of allylic oxidation sites excluding steroid dienone is 4. The Hall–Kier alpha value is -0.520. The summed E-state index contributed by atoms with van der Waals surface area (Å²) >= 11 is 0. The Morgan fingerprint density at radius 1 is 1.06 bits per heavy atom. The van der Waals surface area contributed by atoms with Crippen LogP contribution in [0.5, 0.6) is 0 Å². The summed E-state index contributed by atoms with van der Waals surface area (Å²) in [6, 6.07) is 0. The van der Waals surface area contributed by atoms with E-state index in [0.717, 1.165) is 29.6 Å². The van der Waals surface area contributed by atoms with E-state index >= 15 is 0 Å². The van der Waals surface area contributed by atoms with E-state index in [4.69, 9.17) is 0 Å². The lowest BCUT2D eigenvalue weighted by molar-refractivity contribution is 0.312. The minimum atomic E-state index is 0.907. The molecule has 2 saturated carbocycles. The molecule has 3 unspecified atom stereocenters. The molecule has 0 saturated heterocycles. The Bertz CT molecular complexity index is 315. The van der Waals surface area contributed by atoms with Crippen molar-refractivity contribution in [3.63, 3.8) is 0 Å². The molecule has 3 rings (SSSR count). The highest BCUT2D eigenvalue weighted by molar-refractivity contribution is 5.33. The van der Waals surface area contributed by atoms with Crippen LogP contribution in [0.15, 0.2) is 23.8 Å². The average molecular weight is 246 g/mol. The van der Waals surface area contributed by atoms with E-state index in [1.54, 1.807) is 0 Å². The zero-order chi connectivity index (χ0) is 13.1. The van der Waals surface area contributed by atoms with Gasteiger partial charge in [-0.2, -0.15) is 0 Å². The monoisotopic (exact) mass is 246 g/mol. The molecule has 0 aromatic rings. The van der Waals surface area contributed by atoms with E-state index in [1.807, 2.05) is 5.57 Å². The molecule has 3 atom stereocenters. The summed E-state index contributed by atoms with van der Waals surface area (Å²) in [5.74, 6) is 4.70. The van der Waals surface area contributed by atoms with Gasteiger partial charge in [-0.25, -0.2) is 0 Å². The van der Waals surface area contributed by atoms with Crippen molar-refractivity contribution in [3.05, 3.63) is 23.8 Å². The molecular weight excluding hydrogens is 216 g/mol. The van der Waals surface area contributed by atoms with Crippen LogP contribution in [0.4, 0.5) is 0 Å². The fraction of sp³-hybridized carbons (Fsp3) is 0.778. The summed E-state index contributed by atoms with van der Waals surface area (Å²) in [6.07, 6.45) is 14.2. The van der Waals surface area contributed by atoms with Gasteiger partial charge in [0.05, 0.1) is 0 Å². The van der Waals surface area contributed by atoms with E-state index in [2.05, 4.69) is 45.9 Å². The Labute approximate surface area is 114 Å². The van der Waals surface area contributed by atoms with Crippen LogP contribution in [0.1, 0.15) is 59.8 Å². The maximum atomic E-state index is 2.44. The molecule has 0 nitrogen and oxygen atoms in total. The summed E-state index contributed by atoms with van der Waals surface area (Å²) < 4.78 is 0. The molecule has 0 spiro atoms. The SMILES string of the molecule is CC1CCC(C2=CC=CC3C(C)C23)CC1.CCC. The van der Waals surface area contributed by atoms with E-state index in [-0.39, 0.29) is 0 Å². The summed E-state index contributed by atoms with van der Waals surface area (Å²) in [5, 5.41) is 0. The quantitative estimate of drug-likeness (QED) is 0.564. The first-order chi connectivity index (χ1) is 8.69. The molecule has 3 aliphatic rings. The Morgan fingerprint density at radius 3 is 2.28 bits per heavy atom. The molecule has 0 amide bonds. The average Bonchev–Trinajstić information content (AvgIpc) is 3.03. The highest BCUT2D eigenvalue weighted by Gasteiger charge is 2.49. The van der Waals surface area contributed by atoms with Crippen molar-refractivity contribution in [3.8, 4) is 0 Å². The lowest BCUT2D eigenvalue weighted by Gasteiger charge is -2.29. The predicted molar refractivity (Wildman–Crippen MR) is 80.5 cm³/mol. The highest BCUT2D eigenvalue weighted by Crippen LogP contribution is 2.56.